The summed E-state index contributed by atoms with van der Waals surface area (Å²) in [6.45, 7) is 0.752. The van der Waals surface area contributed by atoms with Crippen LogP contribution < -0.4 is 10.2 Å². The predicted molar refractivity (Wildman–Crippen MR) is 83.1 cm³/mol. The maximum Gasteiger partial charge on any atom is 0.292 e. The van der Waals surface area contributed by atoms with Gasteiger partial charge < -0.3 is 14.7 Å². The van der Waals surface area contributed by atoms with Gasteiger partial charge in [0.25, 0.3) is 11.7 Å². The number of amides is 1. The van der Waals surface area contributed by atoms with Crippen molar-refractivity contribution in [3.8, 4) is 6.07 Å². The molecule has 0 bridgehead atoms. The number of nitriles is 1. The van der Waals surface area contributed by atoms with Crippen molar-refractivity contribution in [1.29, 1.82) is 5.26 Å². The number of pyridine rings is 1. The largest absolute Gasteiger partial charge is 0.346 e. The van der Waals surface area contributed by atoms with Gasteiger partial charge in [-0.2, -0.15) is 10.2 Å². The molecule has 0 aromatic carbocycles. The summed E-state index contributed by atoms with van der Waals surface area (Å²) < 4.78 is 5.32. The van der Waals surface area contributed by atoms with E-state index in [0.29, 0.717) is 17.3 Å². The molecule has 1 saturated carbocycles. The van der Waals surface area contributed by atoms with Crippen LogP contribution in [0.1, 0.15) is 53.8 Å². The Labute approximate surface area is 138 Å². The smallest absolute Gasteiger partial charge is 0.292 e. The molecule has 1 saturated heterocycles. The van der Waals surface area contributed by atoms with Crippen LogP contribution in [0.5, 0.6) is 0 Å². The second-order valence-corrected chi connectivity index (χ2v) is 6.04. The highest BCUT2D eigenvalue weighted by Gasteiger charge is 2.34. The van der Waals surface area contributed by atoms with Crippen molar-refractivity contribution in [2.24, 2.45) is 0 Å². The molecule has 1 unspecified atom stereocenters. The maximum absolute atomic E-state index is 12.0. The second kappa shape index (κ2) is 5.92. The van der Waals surface area contributed by atoms with E-state index in [2.05, 4.69) is 26.5 Å². The lowest BCUT2D eigenvalue weighted by Gasteiger charge is -2.23. The molecule has 8 heteroatoms. The molecule has 4 rings (SSSR count). The summed E-state index contributed by atoms with van der Waals surface area (Å²) >= 11 is 0. The van der Waals surface area contributed by atoms with Gasteiger partial charge in [-0.3, -0.25) is 4.79 Å². The fraction of sp³-hybridized carbons (Fsp3) is 0.438. The van der Waals surface area contributed by atoms with Gasteiger partial charge in [0.1, 0.15) is 17.9 Å². The first kappa shape index (κ1) is 14.6. The molecule has 24 heavy (non-hydrogen) atoms. The average Bonchev–Trinajstić information content (AvgIpc) is 3.11. The number of nitrogens with zero attached hydrogens (tertiary/aromatic N) is 5. The van der Waals surface area contributed by atoms with Crippen LogP contribution in [-0.2, 0) is 0 Å². The highest BCUT2D eigenvalue weighted by Crippen LogP contribution is 2.35. The van der Waals surface area contributed by atoms with E-state index in [1.54, 1.807) is 18.3 Å². The Kier molecular flexibility index (Phi) is 3.61. The summed E-state index contributed by atoms with van der Waals surface area (Å²) in [6, 6.07) is 5.71. The molecule has 2 aliphatic rings. The van der Waals surface area contributed by atoms with Crippen molar-refractivity contribution >= 4 is 11.7 Å². The van der Waals surface area contributed by atoms with Gasteiger partial charge in [-0.15, -0.1) is 0 Å². The molecular formula is C16H16N6O2. The SMILES string of the molecule is N#Cc1cccnc1N1CCCC1c1nc(C(=O)NC2CC2)no1. The number of carbonyl (C=O) groups is 1. The maximum atomic E-state index is 12.0. The minimum atomic E-state index is -0.299. The summed E-state index contributed by atoms with van der Waals surface area (Å²) in [4.78, 5) is 22.6. The molecule has 8 nitrogen and oxygen atoms in total. The first-order chi connectivity index (χ1) is 11.8. The van der Waals surface area contributed by atoms with E-state index >= 15 is 0 Å². The summed E-state index contributed by atoms with van der Waals surface area (Å²) in [6.07, 6.45) is 5.41. The van der Waals surface area contributed by atoms with E-state index in [-0.39, 0.29) is 23.8 Å². The third-order valence-corrected chi connectivity index (χ3v) is 4.27. The molecule has 2 aromatic rings. The zero-order valence-corrected chi connectivity index (χ0v) is 13.0. The number of anilines is 1. The Morgan fingerprint density at radius 1 is 1.42 bits per heavy atom. The molecule has 1 amide bonds. The Morgan fingerprint density at radius 3 is 3.08 bits per heavy atom. The van der Waals surface area contributed by atoms with E-state index in [9.17, 15) is 10.1 Å². The minimum Gasteiger partial charge on any atom is -0.346 e. The number of carbonyl (C=O) groups excluding carboxylic acids is 1. The van der Waals surface area contributed by atoms with Crippen molar-refractivity contribution < 1.29 is 9.32 Å². The number of rotatable bonds is 4. The molecule has 2 aromatic heterocycles. The third-order valence-electron chi connectivity index (χ3n) is 4.27. The molecule has 1 aliphatic heterocycles. The highest BCUT2D eigenvalue weighted by molar-refractivity contribution is 5.90. The monoisotopic (exact) mass is 324 g/mol. The summed E-state index contributed by atoms with van der Waals surface area (Å²) in [7, 11) is 0. The Morgan fingerprint density at radius 2 is 2.29 bits per heavy atom. The number of hydrogen-bond acceptors (Lipinski definition) is 7. The van der Waals surface area contributed by atoms with Gasteiger partial charge in [0.15, 0.2) is 0 Å². The van der Waals surface area contributed by atoms with Gasteiger partial charge in [0.05, 0.1) is 5.56 Å². The Balaban J connectivity index is 1.58. The van der Waals surface area contributed by atoms with Crippen LogP contribution in [0.2, 0.25) is 0 Å². The van der Waals surface area contributed by atoms with Gasteiger partial charge in [-0.25, -0.2) is 4.98 Å². The van der Waals surface area contributed by atoms with Crippen molar-refractivity contribution in [1.82, 2.24) is 20.4 Å². The van der Waals surface area contributed by atoms with Gasteiger partial charge in [-0.1, -0.05) is 5.16 Å². The lowest BCUT2D eigenvalue weighted by Crippen LogP contribution is -2.27. The summed E-state index contributed by atoms with van der Waals surface area (Å²) in [5.74, 6) is 0.769. The molecule has 1 atom stereocenters. The molecule has 1 N–H and O–H groups in total. The molecule has 2 fully saturated rings. The van der Waals surface area contributed by atoms with Crippen molar-refractivity contribution in [2.45, 2.75) is 37.8 Å². The van der Waals surface area contributed by atoms with Crippen molar-refractivity contribution in [3.05, 3.63) is 35.6 Å². The minimum absolute atomic E-state index is 0.0604. The number of hydrogen-bond donors (Lipinski definition) is 1. The lowest BCUT2D eigenvalue weighted by molar-refractivity contribution is 0.0937. The van der Waals surface area contributed by atoms with Crippen molar-refractivity contribution in [2.75, 3.05) is 11.4 Å². The molecule has 1 aliphatic carbocycles. The number of nitrogens with one attached hydrogen (secondary N) is 1. The topological polar surface area (TPSA) is 108 Å². The van der Waals surface area contributed by atoms with E-state index in [1.807, 2.05) is 4.90 Å². The van der Waals surface area contributed by atoms with Crippen LogP contribution in [0.3, 0.4) is 0 Å². The van der Waals surface area contributed by atoms with E-state index in [0.717, 1.165) is 32.2 Å². The molecule has 122 valence electrons. The van der Waals surface area contributed by atoms with Crippen LogP contribution >= 0.6 is 0 Å². The lowest BCUT2D eigenvalue weighted by atomic mass is 10.2. The second-order valence-electron chi connectivity index (χ2n) is 6.04. The third kappa shape index (κ3) is 2.69. The Hall–Kier alpha value is -2.95. The molecule has 0 radical (unpaired) electrons. The van der Waals surface area contributed by atoms with E-state index in [4.69, 9.17) is 4.52 Å². The Bertz CT molecular complexity index is 807. The van der Waals surface area contributed by atoms with Crippen LogP contribution in [0, 0.1) is 11.3 Å². The highest BCUT2D eigenvalue weighted by atomic mass is 16.5. The zero-order valence-electron chi connectivity index (χ0n) is 13.0. The van der Waals surface area contributed by atoms with E-state index in [1.165, 1.54) is 0 Å². The molecule has 3 heterocycles. The molecular weight excluding hydrogens is 308 g/mol. The number of aromatic nitrogens is 3. The quantitative estimate of drug-likeness (QED) is 0.909. The first-order valence-corrected chi connectivity index (χ1v) is 8.02. The van der Waals surface area contributed by atoms with Gasteiger partial charge in [0, 0.05) is 18.8 Å². The standard InChI is InChI=1S/C16H16N6O2/c17-9-10-3-1-7-18-14(10)22-8-2-4-12(22)16-20-13(21-24-16)15(23)19-11-5-6-11/h1,3,7,11-12H,2,4-6,8H2,(H,19,23). The zero-order chi connectivity index (χ0) is 16.5. The van der Waals surface area contributed by atoms with Gasteiger partial charge in [-0.05, 0) is 37.8 Å². The van der Waals surface area contributed by atoms with Crippen LogP contribution in [0.15, 0.2) is 22.9 Å². The van der Waals surface area contributed by atoms with Crippen LogP contribution in [-0.4, -0.2) is 33.6 Å². The predicted octanol–water partition coefficient (Wildman–Crippen LogP) is 1.57. The average molecular weight is 324 g/mol. The van der Waals surface area contributed by atoms with Crippen LogP contribution in [0.25, 0.3) is 0 Å². The molecule has 0 spiro atoms. The van der Waals surface area contributed by atoms with Gasteiger partial charge in [0.2, 0.25) is 5.89 Å². The van der Waals surface area contributed by atoms with Crippen LogP contribution in [0.4, 0.5) is 5.82 Å². The first-order valence-electron chi connectivity index (χ1n) is 8.02. The van der Waals surface area contributed by atoms with Crippen molar-refractivity contribution in [3.63, 3.8) is 0 Å². The van der Waals surface area contributed by atoms with Gasteiger partial charge >= 0.3 is 0 Å². The summed E-state index contributed by atoms with van der Waals surface area (Å²) in [5.41, 5.74) is 0.510. The van der Waals surface area contributed by atoms with E-state index < -0.39 is 0 Å². The fourth-order valence-electron chi connectivity index (χ4n) is 2.93. The fourth-order valence-corrected chi connectivity index (χ4v) is 2.93. The summed E-state index contributed by atoms with van der Waals surface area (Å²) in [5, 5.41) is 15.9. The normalized spacial score (nSPS) is 20.0.